The Bertz CT molecular complexity index is 411. The maximum atomic E-state index is 11.7. The predicted molar refractivity (Wildman–Crippen MR) is 51.5 cm³/mol. The summed E-state index contributed by atoms with van der Waals surface area (Å²) in [7, 11) is 0. The quantitative estimate of drug-likeness (QED) is 0.743. The van der Waals surface area contributed by atoms with Gasteiger partial charge in [-0.25, -0.2) is 0 Å². The molecule has 0 radical (unpaired) electrons. The minimum Gasteiger partial charge on any atom is -0.481 e. The van der Waals surface area contributed by atoms with Crippen molar-refractivity contribution in [2.45, 2.75) is 19.9 Å². The van der Waals surface area contributed by atoms with Gasteiger partial charge in [0.05, 0.1) is 17.7 Å². The molecule has 0 saturated heterocycles. The minimum atomic E-state index is -0.878. The van der Waals surface area contributed by atoms with Gasteiger partial charge in [-0.1, -0.05) is 0 Å². The molecule has 2 unspecified atom stereocenters. The third-order valence-electron chi connectivity index (χ3n) is 2.69. The van der Waals surface area contributed by atoms with E-state index in [1.54, 1.807) is 10.9 Å². The molecule has 2 rings (SSSR count). The van der Waals surface area contributed by atoms with Crippen molar-refractivity contribution in [3.05, 3.63) is 18.0 Å². The van der Waals surface area contributed by atoms with Gasteiger partial charge in [-0.15, -0.1) is 0 Å². The fourth-order valence-electron chi connectivity index (χ4n) is 1.64. The summed E-state index contributed by atoms with van der Waals surface area (Å²) < 4.78 is 1.66. The maximum Gasteiger partial charge on any atom is 0.307 e. The van der Waals surface area contributed by atoms with Gasteiger partial charge in [0, 0.05) is 18.7 Å². The highest BCUT2D eigenvalue weighted by Gasteiger charge is 2.48. The lowest BCUT2D eigenvalue weighted by atomic mass is 10.1. The molecule has 2 atom stereocenters. The van der Waals surface area contributed by atoms with E-state index in [1.165, 1.54) is 6.20 Å². The van der Waals surface area contributed by atoms with Crippen LogP contribution in [0.3, 0.4) is 0 Å². The number of carboxylic acid groups (broad SMARTS) is 1. The van der Waals surface area contributed by atoms with Crippen LogP contribution in [0.2, 0.25) is 0 Å². The largest absolute Gasteiger partial charge is 0.481 e. The Morgan fingerprint density at radius 2 is 2.33 bits per heavy atom. The van der Waals surface area contributed by atoms with E-state index >= 15 is 0 Å². The van der Waals surface area contributed by atoms with Gasteiger partial charge in [0.25, 0.3) is 0 Å². The second-order valence-electron chi connectivity index (χ2n) is 3.74. The van der Waals surface area contributed by atoms with Gasteiger partial charge >= 0.3 is 5.97 Å². The Morgan fingerprint density at radius 3 is 2.80 bits per heavy atom. The number of ketones is 1. The highest BCUT2D eigenvalue weighted by Crippen LogP contribution is 2.40. The summed E-state index contributed by atoms with van der Waals surface area (Å²) in [4.78, 5) is 22.3. The first kappa shape index (κ1) is 9.89. The maximum absolute atomic E-state index is 11.7. The van der Waals surface area contributed by atoms with Crippen LogP contribution in [0, 0.1) is 11.8 Å². The van der Waals surface area contributed by atoms with Crippen molar-refractivity contribution >= 4 is 11.8 Å². The van der Waals surface area contributed by atoms with Crippen LogP contribution >= 0.6 is 0 Å². The summed E-state index contributed by atoms with van der Waals surface area (Å²) >= 11 is 0. The Labute approximate surface area is 86.7 Å². The first-order chi connectivity index (χ1) is 7.13. The number of rotatable bonds is 4. The number of nitrogens with zero attached hydrogens (tertiary/aromatic N) is 2. The fraction of sp³-hybridized carbons (Fsp3) is 0.500. The van der Waals surface area contributed by atoms with Crippen LogP contribution in [-0.4, -0.2) is 26.6 Å². The SMILES string of the molecule is CCn1cc(C(=O)C2CC2C(=O)O)cn1. The molecule has 1 aliphatic carbocycles. The Morgan fingerprint density at radius 1 is 1.60 bits per heavy atom. The minimum absolute atomic E-state index is 0.0953. The standard InChI is InChI=1S/C10H12N2O3/c1-2-12-5-6(4-11-12)9(13)7-3-8(7)10(14)15/h4-5,7-8H,2-3H2,1H3,(H,14,15). The number of aryl methyl sites for hydroxylation is 1. The Kier molecular flexibility index (Phi) is 2.30. The molecule has 1 fully saturated rings. The number of aromatic nitrogens is 2. The summed E-state index contributed by atoms with van der Waals surface area (Å²) in [5.74, 6) is -1.79. The van der Waals surface area contributed by atoms with Crippen molar-refractivity contribution in [3.8, 4) is 0 Å². The number of carbonyl (C=O) groups is 2. The molecular weight excluding hydrogens is 196 g/mol. The zero-order valence-electron chi connectivity index (χ0n) is 8.38. The molecule has 1 aromatic heterocycles. The Balaban J connectivity index is 2.06. The molecule has 15 heavy (non-hydrogen) atoms. The lowest BCUT2D eigenvalue weighted by Gasteiger charge is -1.93. The first-order valence-corrected chi connectivity index (χ1v) is 4.93. The Hall–Kier alpha value is -1.65. The number of carboxylic acids is 1. The van der Waals surface area contributed by atoms with Crippen molar-refractivity contribution in [2.24, 2.45) is 11.8 Å². The van der Waals surface area contributed by atoms with E-state index in [9.17, 15) is 9.59 Å². The molecule has 1 N–H and O–H groups in total. The molecule has 5 heteroatoms. The molecular formula is C10H12N2O3. The molecule has 1 heterocycles. The van der Waals surface area contributed by atoms with Crippen molar-refractivity contribution in [1.29, 1.82) is 0 Å². The molecule has 0 spiro atoms. The zero-order chi connectivity index (χ0) is 11.0. The van der Waals surface area contributed by atoms with E-state index in [2.05, 4.69) is 5.10 Å². The summed E-state index contributed by atoms with van der Waals surface area (Å²) in [6.45, 7) is 2.64. The average molecular weight is 208 g/mol. The van der Waals surface area contributed by atoms with Gasteiger partial charge in [0.2, 0.25) is 0 Å². The monoisotopic (exact) mass is 208 g/mol. The topological polar surface area (TPSA) is 72.2 Å². The molecule has 5 nitrogen and oxygen atoms in total. The van der Waals surface area contributed by atoms with E-state index in [-0.39, 0.29) is 11.7 Å². The summed E-state index contributed by atoms with van der Waals surface area (Å²) in [5, 5.41) is 12.7. The van der Waals surface area contributed by atoms with Gasteiger partial charge < -0.3 is 5.11 Å². The van der Waals surface area contributed by atoms with Crippen LogP contribution in [-0.2, 0) is 11.3 Å². The first-order valence-electron chi connectivity index (χ1n) is 4.93. The van der Waals surface area contributed by atoms with Crippen LogP contribution < -0.4 is 0 Å². The molecule has 1 aromatic rings. The van der Waals surface area contributed by atoms with Gasteiger partial charge in [0.15, 0.2) is 5.78 Å². The van der Waals surface area contributed by atoms with E-state index in [0.717, 1.165) is 0 Å². The fourth-order valence-corrected chi connectivity index (χ4v) is 1.64. The number of Topliss-reactive ketones (excluding diaryl/α,β-unsaturated/α-hetero) is 1. The normalized spacial score (nSPS) is 23.8. The van der Waals surface area contributed by atoms with E-state index in [1.807, 2.05) is 6.92 Å². The number of hydrogen-bond acceptors (Lipinski definition) is 3. The number of aliphatic carboxylic acids is 1. The van der Waals surface area contributed by atoms with Crippen molar-refractivity contribution in [3.63, 3.8) is 0 Å². The second kappa shape index (κ2) is 3.49. The van der Waals surface area contributed by atoms with Crippen molar-refractivity contribution < 1.29 is 14.7 Å². The van der Waals surface area contributed by atoms with Gasteiger partial charge in [0.1, 0.15) is 0 Å². The van der Waals surface area contributed by atoms with Crippen LogP contribution in [0.4, 0.5) is 0 Å². The lowest BCUT2D eigenvalue weighted by Crippen LogP contribution is -2.07. The third-order valence-corrected chi connectivity index (χ3v) is 2.69. The van der Waals surface area contributed by atoms with Crippen LogP contribution in [0.15, 0.2) is 12.4 Å². The molecule has 80 valence electrons. The van der Waals surface area contributed by atoms with Gasteiger partial charge in [-0.05, 0) is 13.3 Å². The summed E-state index contributed by atoms with van der Waals surface area (Å²) in [6.07, 6.45) is 3.63. The molecule has 0 aliphatic heterocycles. The average Bonchev–Trinajstić information content (AvgIpc) is 2.88. The van der Waals surface area contributed by atoms with Crippen LogP contribution in [0.25, 0.3) is 0 Å². The summed E-state index contributed by atoms with van der Waals surface area (Å²) in [5.41, 5.74) is 0.519. The van der Waals surface area contributed by atoms with Crippen molar-refractivity contribution in [1.82, 2.24) is 9.78 Å². The van der Waals surface area contributed by atoms with Crippen LogP contribution in [0.1, 0.15) is 23.7 Å². The molecule has 1 saturated carbocycles. The number of carbonyl (C=O) groups excluding carboxylic acids is 1. The van der Waals surface area contributed by atoms with E-state index < -0.39 is 11.9 Å². The lowest BCUT2D eigenvalue weighted by molar-refractivity contribution is -0.138. The highest BCUT2D eigenvalue weighted by atomic mass is 16.4. The molecule has 0 bridgehead atoms. The van der Waals surface area contributed by atoms with Gasteiger partial charge in [-0.3, -0.25) is 14.3 Å². The predicted octanol–water partition coefficient (Wildman–Crippen LogP) is 0.806. The zero-order valence-corrected chi connectivity index (χ0v) is 8.38. The van der Waals surface area contributed by atoms with Gasteiger partial charge in [-0.2, -0.15) is 5.10 Å². The van der Waals surface area contributed by atoms with E-state index in [4.69, 9.17) is 5.11 Å². The molecule has 1 aliphatic rings. The summed E-state index contributed by atoms with van der Waals surface area (Å²) in [6, 6.07) is 0. The van der Waals surface area contributed by atoms with Crippen molar-refractivity contribution in [2.75, 3.05) is 0 Å². The third kappa shape index (κ3) is 1.77. The van der Waals surface area contributed by atoms with E-state index in [0.29, 0.717) is 18.5 Å². The smallest absolute Gasteiger partial charge is 0.307 e. The highest BCUT2D eigenvalue weighted by molar-refractivity contribution is 6.02. The number of hydrogen-bond donors (Lipinski definition) is 1. The second-order valence-corrected chi connectivity index (χ2v) is 3.74. The molecule has 0 amide bonds. The van der Waals surface area contributed by atoms with Crippen LogP contribution in [0.5, 0.6) is 0 Å². The molecule has 0 aromatic carbocycles.